The summed E-state index contributed by atoms with van der Waals surface area (Å²) in [7, 11) is 0. The van der Waals surface area contributed by atoms with Crippen molar-refractivity contribution in [1.29, 1.82) is 0 Å². The quantitative estimate of drug-likeness (QED) is 0.479. The van der Waals surface area contributed by atoms with Gasteiger partial charge in [-0.1, -0.05) is 12.1 Å². The average molecular weight is 356 g/mol. The summed E-state index contributed by atoms with van der Waals surface area (Å²) in [5.41, 5.74) is 2.94. The zero-order valence-electron chi connectivity index (χ0n) is 11.2. The van der Waals surface area contributed by atoms with Crippen molar-refractivity contribution in [2.24, 2.45) is 4.99 Å². The van der Waals surface area contributed by atoms with Crippen LogP contribution in [0.4, 0.5) is 5.95 Å². The van der Waals surface area contributed by atoms with Crippen LogP contribution >= 0.6 is 15.9 Å². The van der Waals surface area contributed by atoms with Crippen LogP contribution in [0, 0.1) is 0 Å². The molecule has 0 aliphatic carbocycles. The Balaban J connectivity index is 1.79. The number of fused-ring (bicyclic) bond motifs is 2. The molecule has 3 N–H and O–H groups in total. The van der Waals surface area contributed by atoms with E-state index in [1.165, 1.54) is 0 Å². The summed E-state index contributed by atoms with van der Waals surface area (Å²) in [6.45, 7) is 0. The molecule has 0 amide bonds. The minimum atomic E-state index is 0.0282. The fourth-order valence-electron chi connectivity index (χ4n) is 2.31. The third kappa shape index (κ3) is 2.15. The van der Waals surface area contributed by atoms with Crippen molar-refractivity contribution < 1.29 is 5.11 Å². The van der Waals surface area contributed by atoms with Gasteiger partial charge in [0, 0.05) is 22.3 Å². The number of imidazole rings is 1. The topological polar surface area (TPSA) is 89.9 Å². The number of pyridine rings is 1. The second kappa shape index (κ2) is 4.96. The first-order valence-electron chi connectivity index (χ1n) is 6.56. The lowest BCUT2D eigenvalue weighted by Gasteiger charge is -1.92. The Hall–Kier alpha value is -2.67. The van der Waals surface area contributed by atoms with E-state index in [1.54, 1.807) is 12.4 Å². The van der Waals surface area contributed by atoms with Crippen molar-refractivity contribution in [2.45, 2.75) is 0 Å². The third-order valence-corrected chi connectivity index (χ3v) is 3.76. The van der Waals surface area contributed by atoms with Gasteiger partial charge in [0.2, 0.25) is 5.95 Å². The molecule has 0 bridgehead atoms. The van der Waals surface area contributed by atoms with E-state index in [0.717, 1.165) is 20.9 Å². The van der Waals surface area contributed by atoms with Gasteiger partial charge < -0.3 is 15.1 Å². The maximum Gasteiger partial charge on any atom is 0.227 e. The molecular formula is C15H10BrN5O. The predicted molar refractivity (Wildman–Crippen MR) is 88.8 cm³/mol. The minimum absolute atomic E-state index is 0.0282. The molecule has 0 radical (unpaired) electrons. The summed E-state index contributed by atoms with van der Waals surface area (Å²) in [5.74, 6) is 0.512. The molecule has 0 unspecified atom stereocenters. The van der Waals surface area contributed by atoms with Crippen LogP contribution in [0.15, 0.2) is 46.0 Å². The number of hydrogen-bond acceptors (Lipinski definition) is 4. The Morgan fingerprint density at radius 2 is 2.09 bits per heavy atom. The van der Waals surface area contributed by atoms with Gasteiger partial charge in [0.05, 0.1) is 16.6 Å². The first kappa shape index (κ1) is 13.0. The predicted octanol–water partition coefficient (Wildman–Crippen LogP) is 3.66. The van der Waals surface area contributed by atoms with Gasteiger partial charge >= 0.3 is 0 Å². The van der Waals surface area contributed by atoms with E-state index in [9.17, 15) is 5.11 Å². The highest BCUT2D eigenvalue weighted by Crippen LogP contribution is 2.27. The SMILES string of the molecule is Oc1[nH]c2ncc(Br)cc2c1C=Nc1nc2ccccc2[nH]1. The average Bonchev–Trinajstić information content (AvgIpc) is 3.05. The molecule has 4 aromatic rings. The number of hydrogen-bond donors (Lipinski definition) is 3. The number of H-pyrrole nitrogens is 2. The van der Waals surface area contributed by atoms with E-state index in [0.29, 0.717) is 17.2 Å². The van der Waals surface area contributed by atoms with Crippen LogP contribution in [0.25, 0.3) is 22.1 Å². The summed E-state index contributed by atoms with van der Waals surface area (Å²) in [4.78, 5) is 18.8. The zero-order chi connectivity index (χ0) is 15.1. The van der Waals surface area contributed by atoms with Crippen molar-refractivity contribution in [3.8, 4) is 5.88 Å². The van der Waals surface area contributed by atoms with E-state index in [4.69, 9.17) is 0 Å². The Morgan fingerprint density at radius 1 is 1.23 bits per heavy atom. The molecule has 108 valence electrons. The molecular weight excluding hydrogens is 346 g/mol. The van der Waals surface area contributed by atoms with Gasteiger partial charge in [-0.05, 0) is 34.1 Å². The first-order chi connectivity index (χ1) is 10.7. The number of aromatic nitrogens is 4. The molecule has 7 heteroatoms. The van der Waals surface area contributed by atoms with Crippen molar-refractivity contribution in [2.75, 3.05) is 0 Å². The van der Waals surface area contributed by atoms with Gasteiger partial charge in [-0.25, -0.2) is 15.0 Å². The minimum Gasteiger partial charge on any atom is -0.494 e. The van der Waals surface area contributed by atoms with Crippen LogP contribution in [0.2, 0.25) is 0 Å². The summed E-state index contributed by atoms with van der Waals surface area (Å²) in [6, 6.07) is 9.58. The van der Waals surface area contributed by atoms with Crippen molar-refractivity contribution in [3.63, 3.8) is 0 Å². The highest BCUT2D eigenvalue weighted by Gasteiger charge is 2.10. The fraction of sp³-hybridized carbons (Fsp3) is 0. The maximum absolute atomic E-state index is 10.0. The van der Waals surface area contributed by atoms with Crippen LogP contribution in [-0.4, -0.2) is 31.3 Å². The number of para-hydroxylation sites is 2. The highest BCUT2D eigenvalue weighted by atomic mass is 79.9. The maximum atomic E-state index is 10.0. The molecule has 0 saturated heterocycles. The molecule has 0 aliphatic heterocycles. The van der Waals surface area contributed by atoms with Gasteiger partial charge in [0.1, 0.15) is 5.65 Å². The van der Waals surface area contributed by atoms with Gasteiger partial charge in [-0.2, -0.15) is 0 Å². The lowest BCUT2D eigenvalue weighted by atomic mass is 10.2. The first-order valence-corrected chi connectivity index (χ1v) is 7.35. The molecule has 3 aromatic heterocycles. The number of benzene rings is 1. The van der Waals surface area contributed by atoms with Gasteiger partial charge in [-0.15, -0.1) is 0 Å². The number of nitrogens with one attached hydrogen (secondary N) is 2. The summed E-state index contributed by atoms with van der Waals surface area (Å²) >= 11 is 3.37. The molecule has 6 nitrogen and oxygen atoms in total. The second-order valence-corrected chi connectivity index (χ2v) is 5.69. The molecule has 4 rings (SSSR count). The Morgan fingerprint density at radius 3 is 2.95 bits per heavy atom. The number of aromatic amines is 2. The number of aromatic hydroxyl groups is 1. The smallest absolute Gasteiger partial charge is 0.227 e. The van der Waals surface area contributed by atoms with Crippen molar-refractivity contribution in [3.05, 3.63) is 46.6 Å². The number of aliphatic imine (C=N–C) groups is 1. The molecule has 0 saturated carbocycles. The lowest BCUT2D eigenvalue weighted by Crippen LogP contribution is -1.81. The number of rotatable bonds is 2. The van der Waals surface area contributed by atoms with Gasteiger partial charge in [0.15, 0.2) is 5.88 Å². The molecule has 0 aliphatic rings. The Labute approximate surface area is 133 Å². The number of halogens is 1. The van der Waals surface area contributed by atoms with E-state index >= 15 is 0 Å². The summed E-state index contributed by atoms with van der Waals surface area (Å²) in [5, 5.41) is 10.8. The van der Waals surface area contributed by atoms with E-state index in [2.05, 4.69) is 40.9 Å². The lowest BCUT2D eigenvalue weighted by molar-refractivity contribution is 0.457. The Bertz CT molecular complexity index is 984. The standard InChI is InChI=1S/C15H10BrN5O/c16-8-5-9-10(14(22)21-13(9)17-6-8)7-18-15-19-11-3-1-2-4-12(11)20-15/h1-7,22H,(H,17,21)(H,19,20). The van der Waals surface area contributed by atoms with Crippen LogP contribution in [-0.2, 0) is 0 Å². The van der Waals surface area contributed by atoms with Crippen molar-refractivity contribution in [1.82, 2.24) is 19.9 Å². The normalized spacial score (nSPS) is 11.9. The zero-order valence-corrected chi connectivity index (χ0v) is 12.8. The van der Waals surface area contributed by atoms with Gasteiger partial charge in [-0.3, -0.25) is 0 Å². The molecule has 22 heavy (non-hydrogen) atoms. The fourth-order valence-corrected chi connectivity index (χ4v) is 2.64. The number of nitrogens with zero attached hydrogens (tertiary/aromatic N) is 3. The summed E-state index contributed by atoms with van der Waals surface area (Å²) < 4.78 is 0.831. The summed E-state index contributed by atoms with van der Waals surface area (Å²) in [6.07, 6.45) is 3.23. The van der Waals surface area contributed by atoms with Crippen LogP contribution in [0.1, 0.15) is 5.56 Å². The van der Waals surface area contributed by atoms with E-state index in [-0.39, 0.29) is 5.88 Å². The van der Waals surface area contributed by atoms with E-state index < -0.39 is 0 Å². The molecule has 1 aromatic carbocycles. The third-order valence-electron chi connectivity index (χ3n) is 3.33. The molecule has 0 fully saturated rings. The molecule has 3 heterocycles. The molecule has 0 spiro atoms. The highest BCUT2D eigenvalue weighted by molar-refractivity contribution is 9.10. The molecule has 0 atom stereocenters. The van der Waals surface area contributed by atoms with Crippen LogP contribution in [0.3, 0.4) is 0 Å². The van der Waals surface area contributed by atoms with E-state index in [1.807, 2.05) is 30.3 Å². The van der Waals surface area contributed by atoms with Crippen molar-refractivity contribution >= 4 is 50.2 Å². The monoisotopic (exact) mass is 355 g/mol. The second-order valence-electron chi connectivity index (χ2n) is 4.77. The largest absolute Gasteiger partial charge is 0.494 e. The van der Waals surface area contributed by atoms with Crippen LogP contribution < -0.4 is 0 Å². The van der Waals surface area contributed by atoms with Gasteiger partial charge in [0.25, 0.3) is 0 Å². The van der Waals surface area contributed by atoms with Crippen LogP contribution in [0.5, 0.6) is 5.88 Å². The Kier molecular flexibility index (Phi) is 2.93.